The average molecular weight is 560 g/mol. The second-order valence-corrected chi connectivity index (χ2v) is 7.28. The van der Waals surface area contributed by atoms with Crippen molar-refractivity contribution in [1.82, 2.24) is 15.5 Å². The SMILES string of the molecule is CN=C(NCCc1cccc(F)c1F)NCC(c1ccc(OC)cc1)N1CCOCC1.I. The van der Waals surface area contributed by atoms with Crippen LogP contribution in [0.25, 0.3) is 0 Å². The van der Waals surface area contributed by atoms with Crippen molar-refractivity contribution in [2.24, 2.45) is 4.99 Å². The van der Waals surface area contributed by atoms with E-state index in [-0.39, 0.29) is 30.0 Å². The van der Waals surface area contributed by atoms with E-state index in [0.29, 0.717) is 44.2 Å². The summed E-state index contributed by atoms with van der Waals surface area (Å²) in [6, 6.07) is 12.4. The number of hydrogen-bond donors (Lipinski definition) is 2. The summed E-state index contributed by atoms with van der Waals surface area (Å²) in [5.74, 6) is -0.185. The van der Waals surface area contributed by atoms with Gasteiger partial charge in [0.05, 0.1) is 26.4 Å². The lowest BCUT2D eigenvalue weighted by atomic mass is 10.0. The van der Waals surface area contributed by atoms with Crippen molar-refractivity contribution in [3.8, 4) is 5.75 Å². The number of benzene rings is 2. The molecule has 2 aromatic carbocycles. The van der Waals surface area contributed by atoms with Gasteiger partial charge in [-0.1, -0.05) is 24.3 Å². The molecule has 1 unspecified atom stereocenters. The fourth-order valence-corrected chi connectivity index (χ4v) is 3.64. The van der Waals surface area contributed by atoms with Crippen LogP contribution < -0.4 is 15.4 Å². The largest absolute Gasteiger partial charge is 0.497 e. The first-order valence-electron chi connectivity index (χ1n) is 10.5. The van der Waals surface area contributed by atoms with Crippen molar-refractivity contribution in [3.05, 3.63) is 65.2 Å². The van der Waals surface area contributed by atoms with Crippen LogP contribution in [-0.2, 0) is 11.2 Å². The summed E-state index contributed by atoms with van der Waals surface area (Å²) >= 11 is 0. The molecular formula is C23H31F2IN4O2. The molecule has 2 N–H and O–H groups in total. The van der Waals surface area contributed by atoms with Gasteiger partial charge in [0.2, 0.25) is 0 Å². The Morgan fingerprint density at radius 2 is 1.84 bits per heavy atom. The second kappa shape index (κ2) is 13.5. The number of aliphatic imine (C=N–C) groups is 1. The summed E-state index contributed by atoms with van der Waals surface area (Å²) in [6.45, 7) is 4.19. The summed E-state index contributed by atoms with van der Waals surface area (Å²) in [5.41, 5.74) is 1.51. The molecule has 9 heteroatoms. The number of morpholine rings is 1. The normalized spacial score (nSPS) is 15.6. The van der Waals surface area contributed by atoms with Crippen LogP contribution in [-0.4, -0.2) is 64.4 Å². The molecule has 0 saturated carbocycles. The molecule has 0 aliphatic carbocycles. The van der Waals surface area contributed by atoms with E-state index in [1.807, 2.05) is 12.1 Å². The topological polar surface area (TPSA) is 58.1 Å². The highest BCUT2D eigenvalue weighted by molar-refractivity contribution is 14.0. The van der Waals surface area contributed by atoms with Crippen molar-refractivity contribution in [2.45, 2.75) is 12.5 Å². The van der Waals surface area contributed by atoms with Crippen molar-refractivity contribution < 1.29 is 18.3 Å². The van der Waals surface area contributed by atoms with Crippen LogP contribution in [0.4, 0.5) is 8.78 Å². The first-order valence-corrected chi connectivity index (χ1v) is 10.5. The smallest absolute Gasteiger partial charge is 0.191 e. The van der Waals surface area contributed by atoms with Crippen LogP contribution in [0.2, 0.25) is 0 Å². The minimum atomic E-state index is -0.826. The first kappa shape index (κ1) is 26.3. The quantitative estimate of drug-likeness (QED) is 0.295. The van der Waals surface area contributed by atoms with Gasteiger partial charge in [0.1, 0.15) is 5.75 Å². The van der Waals surface area contributed by atoms with Gasteiger partial charge in [-0.15, -0.1) is 24.0 Å². The van der Waals surface area contributed by atoms with Crippen LogP contribution >= 0.6 is 24.0 Å². The molecule has 1 aliphatic heterocycles. The predicted octanol–water partition coefficient (Wildman–Crippen LogP) is 3.37. The van der Waals surface area contributed by atoms with E-state index in [1.165, 1.54) is 11.6 Å². The van der Waals surface area contributed by atoms with E-state index < -0.39 is 11.6 Å². The summed E-state index contributed by atoms with van der Waals surface area (Å²) in [6.07, 6.45) is 0.357. The van der Waals surface area contributed by atoms with Crippen LogP contribution in [0.5, 0.6) is 5.75 Å². The lowest BCUT2D eigenvalue weighted by Gasteiger charge is -2.35. The molecule has 1 atom stereocenters. The number of hydrogen-bond acceptors (Lipinski definition) is 4. The number of nitrogens with one attached hydrogen (secondary N) is 2. The van der Waals surface area contributed by atoms with Gasteiger partial charge < -0.3 is 20.1 Å². The van der Waals surface area contributed by atoms with Crippen LogP contribution in [0.15, 0.2) is 47.5 Å². The lowest BCUT2D eigenvalue weighted by Crippen LogP contribution is -2.46. The molecule has 1 saturated heterocycles. The number of ether oxygens (including phenoxy) is 2. The molecule has 6 nitrogen and oxygen atoms in total. The maximum absolute atomic E-state index is 13.8. The van der Waals surface area contributed by atoms with E-state index in [4.69, 9.17) is 9.47 Å². The zero-order chi connectivity index (χ0) is 22.1. The highest BCUT2D eigenvalue weighted by Crippen LogP contribution is 2.23. The highest BCUT2D eigenvalue weighted by Gasteiger charge is 2.23. The molecule has 176 valence electrons. The van der Waals surface area contributed by atoms with Gasteiger partial charge in [0.25, 0.3) is 0 Å². The molecular weight excluding hydrogens is 529 g/mol. The van der Waals surface area contributed by atoms with Gasteiger partial charge in [0, 0.05) is 33.2 Å². The van der Waals surface area contributed by atoms with Crippen molar-refractivity contribution in [3.63, 3.8) is 0 Å². The third kappa shape index (κ3) is 7.28. The Bertz CT molecular complexity index is 862. The molecule has 0 spiro atoms. The molecule has 1 fully saturated rings. The van der Waals surface area contributed by atoms with Crippen LogP contribution in [0, 0.1) is 11.6 Å². The number of guanidine groups is 1. The Balaban J connectivity index is 0.00000363. The number of nitrogens with zero attached hydrogens (tertiary/aromatic N) is 2. The molecule has 1 heterocycles. The Kier molecular flexibility index (Phi) is 11.1. The molecule has 32 heavy (non-hydrogen) atoms. The molecule has 3 rings (SSSR count). The van der Waals surface area contributed by atoms with Crippen LogP contribution in [0.1, 0.15) is 17.2 Å². The Labute approximate surface area is 205 Å². The molecule has 0 radical (unpaired) electrons. The summed E-state index contributed by atoms with van der Waals surface area (Å²) in [4.78, 5) is 6.64. The van der Waals surface area contributed by atoms with Gasteiger partial charge in [0.15, 0.2) is 17.6 Å². The Morgan fingerprint density at radius 3 is 2.50 bits per heavy atom. The van der Waals surface area contributed by atoms with E-state index >= 15 is 0 Å². The monoisotopic (exact) mass is 560 g/mol. The first-order chi connectivity index (χ1) is 15.1. The van der Waals surface area contributed by atoms with Gasteiger partial charge in [-0.2, -0.15) is 0 Å². The van der Waals surface area contributed by atoms with Gasteiger partial charge in [-0.25, -0.2) is 8.78 Å². The van der Waals surface area contributed by atoms with E-state index in [2.05, 4.69) is 32.7 Å². The van der Waals surface area contributed by atoms with E-state index in [9.17, 15) is 8.78 Å². The average Bonchev–Trinajstić information content (AvgIpc) is 2.81. The van der Waals surface area contributed by atoms with Crippen LogP contribution in [0.3, 0.4) is 0 Å². The zero-order valence-corrected chi connectivity index (χ0v) is 20.8. The van der Waals surface area contributed by atoms with Crippen molar-refractivity contribution in [2.75, 3.05) is 53.6 Å². The summed E-state index contributed by atoms with van der Waals surface area (Å²) in [5, 5.41) is 6.54. The van der Waals surface area contributed by atoms with Gasteiger partial charge >= 0.3 is 0 Å². The Hall–Kier alpha value is -1.98. The number of halogens is 3. The van der Waals surface area contributed by atoms with Gasteiger partial charge in [-0.05, 0) is 35.7 Å². The minimum absolute atomic E-state index is 0. The fraction of sp³-hybridized carbons (Fsp3) is 0.435. The zero-order valence-electron chi connectivity index (χ0n) is 18.4. The molecule has 0 amide bonds. The molecule has 0 aromatic heterocycles. The number of rotatable bonds is 8. The Morgan fingerprint density at radius 1 is 1.12 bits per heavy atom. The molecule has 1 aliphatic rings. The maximum Gasteiger partial charge on any atom is 0.191 e. The lowest BCUT2D eigenvalue weighted by molar-refractivity contribution is 0.0170. The van der Waals surface area contributed by atoms with E-state index in [0.717, 1.165) is 24.9 Å². The summed E-state index contributed by atoms with van der Waals surface area (Å²) < 4.78 is 38.0. The van der Waals surface area contributed by atoms with E-state index in [1.54, 1.807) is 20.2 Å². The third-order valence-electron chi connectivity index (χ3n) is 5.39. The second-order valence-electron chi connectivity index (χ2n) is 7.28. The van der Waals surface area contributed by atoms with Gasteiger partial charge in [-0.3, -0.25) is 9.89 Å². The highest BCUT2D eigenvalue weighted by atomic mass is 127. The van der Waals surface area contributed by atoms with Crippen molar-refractivity contribution >= 4 is 29.9 Å². The number of methoxy groups -OCH3 is 1. The standard InChI is InChI=1S/C23H30F2N4O2.HI/c1-26-23(27-11-10-18-4-3-5-20(24)22(18)25)28-16-21(29-12-14-31-15-13-29)17-6-8-19(30-2)9-7-17;/h3-9,21H,10-16H2,1-2H3,(H2,26,27,28);1H. The molecule has 2 aromatic rings. The minimum Gasteiger partial charge on any atom is -0.497 e. The third-order valence-corrected chi connectivity index (χ3v) is 5.39. The molecule has 0 bridgehead atoms. The van der Waals surface area contributed by atoms with Crippen molar-refractivity contribution in [1.29, 1.82) is 0 Å². The fourth-order valence-electron chi connectivity index (χ4n) is 3.64. The predicted molar refractivity (Wildman–Crippen MR) is 133 cm³/mol. The summed E-state index contributed by atoms with van der Waals surface area (Å²) in [7, 11) is 3.34. The maximum atomic E-state index is 13.8.